The molecule has 26 heavy (non-hydrogen) atoms. The number of non-ortho nitro benzene ring substituents is 1. The lowest BCUT2D eigenvalue weighted by molar-refractivity contribution is -0.384. The highest BCUT2D eigenvalue weighted by molar-refractivity contribution is 5.85. The summed E-state index contributed by atoms with van der Waals surface area (Å²) in [6.07, 6.45) is 0.0372. The first-order valence-corrected chi connectivity index (χ1v) is 8.08. The fraction of sp³-hybridized carbons (Fsp3) is 0.263. The van der Waals surface area contributed by atoms with Crippen LogP contribution in [0.4, 0.5) is 5.69 Å². The van der Waals surface area contributed by atoms with Gasteiger partial charge in [0.05, 0.1) is 11.3 Å². The molecule has 0 unspecified atom stereocenters. The molecule has 1 amide bonds. The fourth-order valence-corrected chi connectivity index (χ4v) is 2.58. The number of nitrogens with zero attached hydrogens (tertiary/aromatic N) is 1. The summed E-state index contributed by atoms with van der Waals surface area (Å²) in [5.41, 5.74) is 3.31. The van der Waals surface area contributed by atoms with E-state index in [4.69, 9.17) is 0 Å². The predicted molar refractivity (Wildman–Crippen MR) is 96.0 cm³/mol. The Bertz CT molecular complexity index is 848. The van der Waals surface area contributed by atoms with Gasteiger partial charge in [-0.15, -0.1) is 0 Å². The van der Waals surface area contributed by atoms with Crippen molar-refractivity contribution in [2.24, 2.45) is 0 Å². The van der Waals surface area contributed by atoms with Crippen molar-refractivity contribution in [2.75, 3.05) is 0 Å². The van der Waals surface area contributed by atoms with Crippen LogP contribution in [0.3, 0.4) is 0 Å². The van der Waals surface area contributed by atoms with Gasteiger partial charge >= 0.3 is 5.97 Å². The van der Waals surface area contributed by atoms with Gasteiger partial charge in [-0.3, -0.25) is 14.9 Å². The molecule has 0 saturated carbocycles. The van der Waals surface area contributed by atoms with Gasteiger partial charge in [0.1, 0.15) is 6.04 Å². The molecule has 0 aliphatic heterocycles. The molecule has 7 nitrogen and oxygen atoms in total. The molecule has 0 aliphatic carbocycles. The zero-order valence-electron chi connectivity index (χ0n) is 14.6. The van der Waals surface area contributed by atoms with Crippen molar-refractivity contribution in [3.8, 4) is 0 Å². The van der Waals surface area contributed by atoms with Crippen LogP contribution in [-0.4, -0.2) is 27.9 Å². The average molecular weight is 356 g/mol. The van der Waals surface area contributed by atoms with Crippen LogP contribution < -0.4 is 5.32 Å². The summed E-state index contributed by atoms with van der Waals surface area (Å²) in [6.45, 7) is 3.91. The smallest absolute Gasteiger partial charge is 0.326 e. The molecule has 0 spiro atoms. The number of carbonyl (C=O) groups is 2. The normalized spacial score (nSPS) is 11.6. The Morgan fingerprint density at radius 2 is 1.85 bits per heavy atom. The summed E-state index contributed by atoms with van der Waals surface area (Å²) in [6, 6.07) is 10.3. The number of aryl methyl sites for hydroxylation is 2. The Labute approximate surface area is 150 Å². The molecule has 0 radical (unpaired) electrons. The van der Waals surface area contributed by atoms with Crippen molar-refractivity contribution in [3.05, 3.63) is 74.8 Å². The van der Waals surface area contributed by atoms with Crippen molar-refractivity contribution in [3.63, 3.8) is 0 Å². The van der Waals surface area contributed by atoms with Gasteiger partial charge in [0, 0.05) is 18.6 Å². The monoisotopic (exact) mass is 356 g/mol. The Hall–Kier alpha value is -3.22. The molecule has 136 valence electrons. The summed E-state index contributed by atoms with van der Waals surface area (Å²) in [5, 5.41) is 22.7. The highest BCUT2D eigenvalue weighted by atomic mass is 16.6. The largest absolute Gasteiger partial charge is 0.480 e. The molecule has 0 aromatic heterocycles. The third-order valence-corrected chi connectivity index (χ3v) is 4.13. The number of hydrogen-bond donors (Lipinski definition) is 2. The number of carboxylic acids is 1. The summed E-state index contributed by atoms with van der Waals surface area (Å²) < 4.78 is 0. The summed E-state index contributed by atoms with van der Waals surface area (Å²) in [5.74, 6) is -1.63. The molecule has 1 atom stereocenters. The van der Waals surface area contributed by atoms with Crippen LogP contribution in [0.15, 0.2) is 42.5 Å². The number of benzene rings is 2. The van der Waals surface area contributed by atoms with Crippen LogP contribution in [0.2, 0.25) is 0 Å². The maximum Gasteiger partial charge on any atom is 0.326 e. The minimum Gasteiger partial charge on any atom is -0.480 e. The number of carbonyl (C=O) groups excluding carboxylic acids is 1. The molecule has 0 saturated heterocycles. The maximum absolute atomic E-state index is 12.2. The molecule has 2 N–H and O–H groups in total. The van der Waals surface area contributed by atoms with Crippen LogP contribution in [0.1, 0.15) is 22.3 Å². The van der Waals surface area contributed by atoms with E-state index in [1.807, 2.05) is 32.0 Å². The van der Waals surface area contributed by atoms with E-state index in [1.165, 1.54) is 18.2 Å². The zero-order chi connectivity index (χ0) is 19.3. The van der Waals surface area contributed by atoms with Crippen LogP contribution in [0, 0.1) is 24.0 Å². The van der Waals surface area contributed by atoms with Gasteiger partial charge in [0.25, 0.3) is 5.69 Å². The molecule has 2 aromatic rings. The van der Waals surface area contributed by atoms with Crippen LogP contribution in [-0.2, 0) is 22.4 Å². The number of nitro benzene ring substituents is 1. The Morgan fingerprint density at radius 3 is 2.46 bits per heavy atom. The van der Waals surface area contributed by atoms with Gasteiger partial charge in [0.2, 0.25) is 5.91 Å². The van der Waals surface area contributed by atoms with Gasteiger partial charge in [-0.05, 0) is 36.1 Å². The second kappa shape index (κ2) is 8.24. The molecular weight excluding hydrogens is 336 g/mol. The van der Waals surface area contributed by atoms with Gasteiger partial charge < -0.3 is 10.4 Å². The predicted octanol–water partition coefficient (Wildman–Crippen LogP) is 2.57. The van der Waals surface area contributed by atoms with Crippen molar-refractivity contribution in [1.82, 2.24) is 5.32 Å². The Morgan fingerprint density at radius 1 is 1.12 bits per heavy atom. The first-order chi connectivity index (χ1) is 12.3. The van der Waals surface area contributed by atoms with E-state index >= 15 is 0 Å². The molecule has 7 heteroatoms. The maximum atomic E-state index is 12.2. The minimum atomic E-state index is -1.13. The first-order valence-electron chi connectivity index (χ1n) is 8.08. The van der Waals surface area contributed by atoms with E-state index in [0.29, 0.717) is 5.56 Å². The topological polar surface area (TPSA) is 110 Å². The third-order valence-electron chi connectivity index (χ3n) is 4.13. The molecule has 2 rings (SSSR count). The quantitative estimate of drug-likeness (QED) is 0.585. The number of amides is 1. The number of aliphatic carboxylic acids is 1. The molecular formula is C19H20N2O5. The lowest BCUT2D eigenvalue weighted by atomic mass is 10.0. The average Bonchev–Trinajstić information content (AvgIpc) is 2.57. The van der Waals surface area contributed by atoms with E-state index in [2.05, 4.69) is 5.32 Å². The van der Waals surface area contributed by atoms with E-state index in [-0.39, 0.29) is 18.5 Å². The third kappa shape index (κ3) is 5.14. The lowest BCUT2D eigenvalue weighted by Gasteiger charge is -2.15. The summed E-state index contributed by atoms with van der Waals surface area (Å²) >= 11 is 0. The van der Waals surface area contributed by atoms with E-state index < -0.39 is 22.8 Å². The Kier molecular flexibility index (Phi) is 6.06. The highest BCUT2D eigenvalue weighted by Gasteiger charge is 2.21. The zero-order valence-corrected chi connectivity index (χ0v) is 14.6. The van der Waals surface area contributed by atoms with Crippen molar-refractivity contribution in [1.29, 1.82) is 0 Å². The Balaban J connectivity index is 2.05. The number of carboxylic acid groups (broad SMARTS) is 1. The van der Waals surface area contributed by atoms with E-state index in [9.17, 15) is 24.8 Å². The molecule has 0 heterocycles. The van der Waals surface area contributed by atoms with Crippen molar-refractivity contribution >= 4 is 17.6 Å². The number of nitro groups is 1. The van der Waals surface area contributed by atoms with Gasteiger partial charge in [0.15, 0.2) is 0 Å². The van der Waals surface area contributed by atoms with Gasteiger partial charge in [-0.2, -0.15) is 0 Å². The number of rotatable bonds is 7. The van der Waals surface area contributed by atoms with E-state index in [1.54, 1.807) is 6.07 Å². The number of nitrogens with one attached hydrogen (secondary N) is 1. The molecule has 0 fully saturated rings. The van der Waals surface area contributed by atoms with Crippen LogP contribution in [0.5, 0.6) is 0 Å². The molecule has 0 bridgehead atoms. The number of hydrogen-bond acceptors (Lipinski definition) is 4. The summed E-state index contributed by atoms with van der Waals surface area (Å²) in [7, 11) is 0. The van der Waals surface area contributed by atoms with Gasteiger partial charge in [-0.25, -0.2) is 4.79 Å². The van der Waals surface area contributed by atoms with Gasteiger partial charge in [-0.1, -0.05) is 30.3 Å². The summed E-state index contributed by atoms with van der Waals surface area (Å²) in [4.78, 5) is 33.9. The van der Waals surface area contributed by atoms with Crippen LogP contribution >= 0.6 is 0 Å². The fourth-order valence-electron chi connectivity index (χ4n) is 2.58. The minimum absolute atomic E-state index is 0.111. The molecule has 0 aliphatic rings. The van der Waals surface area contributed by atoms with Crippen molar-refractivity contribution < 1.29 is 19.6 Å². The molecule has 2 aromatic carbocycles. The first kappa shape index (κ1) is 19.1. The van der Waals surface area contributed by atoms with E-state index in [0.717, 1.165) is 16.7 Å². The second-order valence-electron chi connectivity index (χ2n) is 6.18. The SMILES string of the molecule is Cc1ccc(C[C@@H](NC(=O)Cc2cccc([N+](=O)[O-])c2)C(=O)O)cc1C. The second-order valence-corrected chi connectivity index (χ2v) is 6.18. The lowest BCUT2D eigenvalue weighted by Crippen LogP contribution is -2.43. The van der Waals surface area contributed by atoms with Crippen LogP contribution in [0.25, 0.3) is 0 Å². The van der Waals surface area contributed by atoms with Crippen molar-refractivity contribution in [2.45, 2.75) is 32.7 Å². The standard InChI is InChI=1S/C19H20N2O5/c1-12-6-7-15(8-13(12)2)10-17(19(23)24)20-18(22)11-14-4-3-5-16(9-14)21(25)26/h3-9,17H,10-11H2,1-2H3,(H,20,22)(H,23,24)/t17-/m1/s1. The highest BCUT2D eigenvalue weighted by Crippen LogP contribution is 2.14.